The molecule has 16 heavy (non-hydrogen) atoms. The molecular formula is C12H25N3O. The van der Waals surface area contributed by atoms with Crippen LogP contribution in [0.5, 0.6) is 0 Å². The van der Waals surface area contributed by atoms with Crippen molar-refractivity contribution in [3.63, 3.8) is 0 Å². The first-order valence-electron chi connectivity index (χ1n) is 6.33. The normalized spacial score (nSPS) is 15.4. The first-order valence-corrected chi connectivity index (χ1v) is 6.33. The van der Waals surface area contributed by atoms with Crippen LogP contribution in [0.3, 0.4) is 0 Å². The van der Waals surface area contributed by atoms with Gasteiger partial charge in [-0.2, -0.15) is 0 Å². The van der Waals surface area contributed by atoms with Gasteiger partial charge in [-0.1, -0.05) is 0 Å². The van der Waals surface area contributed by atoms with Crippen molar-refractivity contribution in [2.45, 2.75) is 38.1 Å². The Kier molecular flexibility index (Phi) is 6.42. The van der Waals surface area contributed by atoms with Crippen molar-refractivity contribution in [1.29, 1.82) is 0 Å². The van der Waals surface area contributed by atoms with E-state index in [0.29, 0.717) is 12.5 Å². The summed E-state index contributed by atoms with van der Waals surface area (Å²) in [6.45, 7) is 2.74. The van der Waals surface area contributed by atoms with E-state index in [-0.39, 0.29) is 5.91 Å². The Hall–Kier alpha value is -0.610. The predicted molar refractivity (Wildman–Crippen MR) is 66.4 cm³/mol. The number of hydrogen-bond acceptors (Lipinski definition) is 3. The third-order valence-corrected chi connectivity index (χ3v) is 2.72. The highest BCUT2D eigenvalue weighted by molar-refractivity contribution is 5.75. The average Bonchev–Trinajstić information content (AvgIpc) is 3.00. The number of nitrogens with zero attached hydrogens (tertiary/aromatic N) is 1. The number of nitrogens with one attached hydrogen (secondary N) is 2. The highest BCUT2D eigenvalue weighted by Crippen LogP contribution is 2.18. The highest BCUT2D eigenvalue weighted by atomic mass is 16.1. The van der Waals surface area contributed by atoms with Gasteiger partial charge in [0.25, 0.3) is 0 Å². The third kappa shape index (κ3) is 7.65. The van der Waals surface area contributed by atoms with Crippen molar-refractivity contribution in [1.82, 2.24) is 15.5 Å². The van der Waals surface area contributed by atoms with E-state index in [9.17, 15) is 4.79 Å². The molecule has 1 fully saturated rings. The molecule has 0 saturated heterocycles. The smallest absolute Gasteiger partial charge is 0.221 e. The van der Waals surface area contributed by atoms with Crippen LogP contribution in [0.1, 0.15) is 32.1 Å². The van der Waals surface area contributed by atoms with Crippen LogP contribution in [0.2, 0.25) is 0 Å². The lowest BCUT2D eigenvalue weighted by atomic mass is 10.3. The van der Waals surface area contributed by atoms with Gasteiger partial charge in [-0.3, -0.25) is 4.79 Å². The summed E-state index contributed by atoms with van der Waals surface area (Å²) < 4.78 is 0. The fraction of sp³-hybridized carbons (Fsp3) is 0.917. The van der Waals surface area contributed by atoms with Gasteiger partial charge in [-0.15, -0.1) is 0 Å². The van der Waals surface area contributed by atoms with Crippen molar-refractivity contribution < 1.29 is 4.79 Å². The molecule has 1 amide bonds. The Balaban J connectivity index is 1.81. The highest BCUT2D eigenvalue weighted by Gasteiger charge is 2.19. The first-order chi connectivity index (χ1) is 7.68. The van der Waals surface area contributed by atoms with E-state index < -0.39 is 0 Å². The van der Waals surface area contributed by atoms with Gasteiger partial charge >= 0.3 is 0 Å². The molecule has 0 unspecified atom stereocenters. The summed E-state index contributed by atoms with van der Waals surface area (Å²) in [5.41, 5.74) is 0. The fourth-order valence-electron chi connectivity index (χ4n) is 1.55. The topological polar surface area (TPSA) is 44.4 Å². The first kappa shape index (κ1) is 13.5. The molecule has 0 aromatic heterocycles. The Labute approximate surface area is 98.8 Å². The number of rotatable bonds is 9. The molecule has 1 rings (SSSR count). The van der Waals surface area contributed by atoms with E-state index in [2.05, 4.69) is 29.6 Å². The van der Waals surface area contributed by atoms with Crippen LogP contribution in [-0.4, -0.2) is 50.6 Å². The van der Waals surface area contributed by atoms with Gasteiger partial charge in [-0.25, -0.2) is 0 Å². The maximum atomic E-state index is 11.4. The summed E-state index contributed by atoms with van der Waals surface area (Å²) in [7, 11) is 4.14. The Morgan fingerprint density at radius 1 is 1.25 bits per heavy atom. The van der Waals surface area contributed by atoms with E-state index in [1.807, 2.05) is 0 Å². The van der Waals surface area contributed by atoms with E-state index >= 15 is 0 Å². The molecule has 4 nitrogen and oxygen atoms in total. The molecule has 0 spiro atoms. The van der Waals surface area contributed by atoms with E-state index in [4.69, 9.17) is 0 Å². The molecule has 2 N–H and O–H groups in total. The zero-order valence-electron chi connectivity index (χ0n) is 10.6. The third-order valence-electron chi connectivity index (χ3n) is 2.72. The second kappa shape index (κ2) is 7.63. The lowest BCUT2D eigenvalue weighted by Crippen LogP contribution is -2.29. The minimum Gasteiger partial charge on any atom is -0.356 e. The lowest BCUT2D eigenvalue weighted by molar-refractivity contribution is -0.121. The number of unbranched alkanes of at least 4 members (excludes halogenated alkanes) is 1. The molecule has 0 aromatic rings. The van der Waals surface area contributed by atoms with E-state index in [0.717, 1.165) is 32.5 Å². The van der Waals surface area contributed by atoms with Crippen molar-refractivity contribution in [2.24, 2.45) is 0 Å². The SMILES string of the molecule is CN(C)CCCCNC(=O)CCNC1CC1. The zero-order valence-corrected chi connectivity index (χ0v) is 10.6. The summed E-state index contributed by atoms with van der Waals surface area (Å²) in [5, 5.41) is 6.29. The van der Waals surface area contributed by atoms with E-state index in [1.54, 1.807) is 0 Å². The van der Waals surface area contributed by atoms with Gasteiger partial charge in [0.1, 0.15) is 0 Å². The van der Waals surface area contributed by atoms with Crippen molar-refractivity contribution in [3.8, 4) is 0 Å². The van der Waals surface area contributed by atoms with Crippen LogP contribution in [0.4, 0.5) is 0 Å². The molecular weight excluding hydrogens is 202 g/mol. The van der Waals surface area contributed by atoms with Crippen LogP contribution in [0, 0.1) is 0 Å². The number of carbonyl (C=O) groups is 1. The number of carbonyl (C=O) groups excluding carboxylic acids is 1. The Bertz CT molecular complexity index is 202. The maximum Gasteiger partial charge on any atom is 0.221 e. The second-order valence-electron chi connectivity index (χ2n) is 4.84. The summed E-state index contributed by atoms with van der Waals surface area (Å²) in [5.74, 6) is 0.179. The standard InChI is InChI=1S/C12H25N3O/c1-15(2)10-4-3-8-14-12(16)7-9-13-11-5-6-11/h11,13H,3-10H2,1-2H3,(H,14,16). The molecule has 0 radical (unpaired) electrons. The predicted octanol–water partition coefficient (Wildman–Crippen LogP) is 0.587. The number of amides is 1. The maximum absolute atomic E-state index is 11.4. The summed E-state index contributed by atoms with van der Waals surface area (Å²) in [6.07, 6.45) is 5.40. The molecule has 0 atom stereocenters. The van der Waals surface area contributed by atoms with Crippen molar-refractivity contribution in [2.75, 3.05) is 33.7 Å². The van der Waals surface area contributed by atoms with Crippen LogP contribution in [0.25, 0.3) is 0 Å². The molecule has 0 aromatic carbocycles. The minimum absolute atomic E-state index is 0.179. The van der Waals surface area contributed by atoms with Gasteiger partial charge in [-0.05, 0) is 46.3 Å². The minimum atomic E-state index is 0.179. The molecule has 0 bridgehead atoms. The molecule has 1 saturated carbocycles. The van der Waals surface area contributed by atoms with Gasteiger partial charge < -0.3 is 15.5 Å². The molecule has 94 valence electrons. The molecule has 4 heteroatoms. The average molecular weight is 227 g/mol. The molecule has 0 aliphatic heterocycles. The van der Waals surface area contributed by atoms with Gasteiger partial charge in [0.2, 0.25) is 5.91 Å². The van der Waals surface area contributed by atoms with Crippen molar-refractivity contribution in [3.05, 3.63) is 0 Å². The summed E-state index contributed by atoms with van der Waals surface area (Å²) >= 11 is 0. The van der Waals surface area contributed by atoms with Crippen molar-refractivity contribution >= 4 is 5.91 Å². The molecule has 0 heterocycles. The zero-order chi connectivity index (χ0) is 11.8. The van der Waals surface area contributed by atoms with Crippen LogP contribution >= 0.6 is 0 Å². The number of hydrogen-bond donors (Lipinski definition) is 2. The second-order valence-corrected chi connectivity index (χ2v) is 4.84. The monoisotopic (exact) mass is 227 g/mol. The lowest BCUT2D eigenvalue weighted by Gasteiger charge is -2.09. The summed E-state index contributed by atoms with van der Waals surface area (Å²) in [6, 6.07) is 0.702. The Morgan fingerprint density at radius 2 is 2.00 bits per heavy atom. The Morgan fingerprint density at radius 3 is 2.62 bits per heavy atom. The van der Waals surface area contributed by atoms with Gasteiger partial charge in [0, 0.05) is 25.6 Å². The van der Waals surface area contributed by atoms with Crippen LogP contribution in [0.15, 0.2) is 0 Å². The summed E-state index contributed by atoms with van der Waals surface area (Å²) in [4.78, 5) is 13.5. The van der Waals surface area contributed by atoms with Crippen LogP contribution < -0.4 is 10.6 Å². The quantitative estimate of drug-likeness (QED) is 0.567. The fourth-order valence-corrected chi connectivity index (χ4v) is 1.55. The van der Waals surface area contributed by atoms with Crippen LogP contribution in [-0.2, 0) is 4.79 Å². The molecule has 1 aliphatic rings. The van der Waals surface area contributed by atoms with Gasteiger partial charge in [0.15, 0.2) is 0 Å². The molecule has 1 aliphatic carbocycles. The largest absolute Gasteiger partial charge is 0.356 e. The van der Waals surface area contributed by atoms with E-state index in [1.165, 1.54) is 12.8 Å². The van der Waals surface area contributed by atoms with Gasteiger partial charge in [0.05, 0.1) is 0 Å².